The van der Waals surface area contributed by atoms with Gasteiger partial charge in [-0.25, -0.2) is 0 Å². The van der Waals surface area contributed by atoms with Crippen LogP contribution < -0.4 is 0 Å². The molecule has 0 unspecified atom stereocenters. The Morgan fingerprint density at radius 1 is 1.24 bits per heavy atom. The van der Waals surface area contributed by atoms with Crippen molar-refractivity contribution < 1.29 is 22.4 Å². The minimum atomic E-state index is -4.47. The van der Waals surface area contributed by atoms with Gasteiger partial charge in [0, 0.05) is 9.13 Å². The first-order chi connectivity index (χ1) is 9.85. The monoisotopic (exact) mass is 409 g/mol. The van der Waals surface area contributed by atoms with Crippen molar-refractivity contribution in [2.24, 2.45) is 0 Å². The van der Waals surface area contributed by atoms with Crippen LogP contribution in [0.4, 0.5) is 13.2 Å². The largest absolute Gasteiger partial charge is 0.467 e. The highest BCUT2D eigenvalue weighted by Crippen LogP contribution is 2.21. The first-order valence-electron chi connectivity index (χ1n) is 5.99. The maximum atomic E-state index is 12.7. The summed E-state index contributed by atoms with van der Waals surface area (Å²) < 4.78 is 43.8. The highest BCUT2D eigenvalue weighted by molar-refractivity contribution is 14.1. The molecule has 3 nitrogen and oxygen atoms in total. The van der Waals surface area contributed by atoms with Crippen LogP contribution in [0.2, 0.25) is 0 Å². The van der Waals surface area contributed by atoms with E-state index in [0.29, 0.717) is 5.76 Å². The Morgan fingerprint density at radius 2 is 2.00 bits per heavy atom. The zero-order valence-electron chi connectivity index (χ0n) is 10.7. The summed E-state index contributed by atoms with van der Waals surface area (Å²) in [5, 5.41) is 0. The third-order valence-corrected chi connectivity index (χ3v) is 3.33. The van der Waals surface area contributed by atoms with Gasteiger partial charge in [0.25, 0.3) is 5.91 Å². The van der Waals surface area contributed by atoms with Gasteiger partial charge in [0.15, 0.2) is 0 Å². The van der Waals surface area contributed by atoms with E-state index in [2.05, 4.69) is 0 Å². The van der Waals surface area contributed by atoms with Gasteiger partial charge in [0.1, 0.15) is 12.3 Å². The van der Waals surface area contributed by atoms with Gasteiger partial charge in [-0.05, 0) is 52.9 Å². The number of benzene rings is 1. The molecule has 0 N–H and O–H groups in total. The number of amides is 1. The number of carbonyl (C=O) groups is 1. The summed E-state index contributed by atoms with van der Waals surface area (Å²) in [4.78, 5) is 13.0. The van der Waals surface area contributed by atoms with Crippen molar-refractivity contribution in [2.45, 2.75) is 12.7 Å². The Balaban J connectivity index is 2.23. The molecule has 0 saturated heterocycles. The SMILES string of the molecule is O=C(c1cccc(I)c1)N(Cc1ccco1)CC(F)(F)F. The van der Waals surface area contributed by atoms with E-state index in [-0.39, 0.29) is 12.1 Å². The highest BCUT2D eigenvalue weighted by Gasteiger charge is 2.33. The van der Waals surface area contributed by atoms with Crippen LogP contribution in [0, 0.1) is 3.57 Å². The van der Waals surface area contributed by atoms with E-state index in [9.17, 15) is 18.0 Å². The molecular formula is C14H11F3INO2. The summed E-state index contributed by atoms with van der Waals surface area (Å²) in [5.41, 5.74) is 0.220. The van der Waals surface area contributed by atoms with Crippen molar-refractivity contribution in [1.29, 1.82) is 0 Å². The van der Waals surface area contributed by atoms with Gasteiger partial charge in [-0.1, -0.05) is 6.07 Å². The molecule has 0 bridgehead atoms. The van der Waals surface area contributed by atoms with Crippen molar-refractivity contribution in [2.75, 3.05) is 6.54 Å². The second-order valence-corrected chi connectivity index (χ2v) is 5.61. The smallest absolute Gasteiger partial charge is 0.406 e. The number of halogens is 4. The maximum Gasteiger partial charge on any atom is 0.406 e. The van der Waals surface area contributed by atoms with Crippen LogP contribution in [-0.4, -0.2) is 23.5 Å². The number of rotatable bonds is 4. The fourth-order valence-corrected chi connectivity index (χ4v) is 2.35. The molecule has 0 saturated carbocycles. The molecule has 2 aromatic rings. The van der Waals surface area contributed by atoms with Crippen LogP contribution in [0.3, 0.4) is 0 Å². The lowest BCUT2D eigenvalue weighted by molar-refractivity contribution is -0.142. The Hall–Kier alpha value is -1.51. The lowest BCUT2D eigenvalue weighted by Crippen LogP contribution is -2.38. The number of carbonyl (C=O) groups excluding carboxylic acids is 1. The van der Waals surface area contributed by atoms with Crippen molar-refractivity contribution in [1.82, 2.24) is 4.90 Å². The standard InChI is InChI=1S/C14H11F3INO2/c15-14(16,17)9-19(8-12-5-2-6-21-12)13(20)10-3-1-4-11(18)7-10/h1-7H,8-9H2. The zero-order chi connectivity index (χ0) is 15.5. The first kappa shape index (κ1) is 15.9. The van der Waals surface area contributed by atoms with Gasteiger partial charge in [0.2, 0.25) is 0 Å². The third kappa shape index (κ3) is 4.76. The third-order valence-electron chi connectivity index (χ3n) is 2.66. The van der Waals surface area contributed by atoms with Gasteiger partial charge in [-0.3, -0.25) is 4.79 Å². The number of nitrogens with zero attached hydrogens (tertiary/aromatic N) is 1. The molecule has 1 aromatic carbocycles. The van der Waals surface area contributed by atoms with Crippen LogP contribution in [0.1, 0.15) is 16.1 Å². The first-order valence-corrected chi connectivity index (χ1v) is 7.07. The predicted octanol–water partition coefficient (Wildman–Crippen LogP) is 4.09. The summed E-state index contributed by atoms with van der Waals surface area (Å²) in [6.45, 7) is -1.55. The number of hydrogen-bond donors (Lipinski definition) is 0. The Morgan fingerprint density at radius 3 is 2.57 bits per heavy atom. The lowest BCUT2D eigenvalue weighted by atomic mass is 10.2. The molecule has 0 radical (unpaired) electrons. The summed E-state index contributed by atoms with van der Waals surface area (Å²) in [5.74, 6) is -0.375. The molecule has 112 valence electrons. The van der Waals surface area contributed by atoms with E-state index in [1.54, 1.807) is 24.3 Å². The van der Waals surface area contributed by atoms with Gasteiger partial charge >= 0.3 is 6.18 Å². The molecule has 0 aliphatic heterocycles. The second-order valence-electron chi connectivity index (χ2n) is 4.37. The Bertz CT molecular complexity index is 611. The number of furan rings is 1. The molecule has 0 aliphatic carbocycles. The quantitative estimate of drug-likeness (QED) is 0.714. The molecule has 2 rings (SSSR count). The second kappa shape index (κ2) is 6.50. The van der Waals surface area contributed by atoms with Gasteiger partial charge < -0.3 is 9.32 Å². The van der Waals surface area contributed by atoms with E-state index in [0.717, 1.165) is 8.47 Å². The summed E-state index contributed by atoms with van der Waals surface area (Å²) in [7, 11) is 0. The average molecular weight is 409 g/mol. The van der Waals surface area contributed by atoms with Gasteiger partial charge in [-0.2, -0.15) is 13.2 Å². The van der Waals surface area contributed by atoms with Crippen molar-refractivity contribution >= 4 is 28.5 Å². The lowest BCUT2D eigenvalue weighted by Gasteiger charge is -2.23. The molecule has 1 amide bonds. The van der Waals surface area contributed by atoms with Gasteiger partial charge in [-0.15, -0.1) is 0 Å². The van der Waals surface area contributed by atoms with E-state index >= 15 is 0 Å². The molecule has 7 heteroatoms. The summed E-state index contributed by atoms with van der Waals surface area (Å²) in [6.07, 6.45) is -3.11. The van der Waals surface area contributed by atoms with Crippen molar-refractivity contribution in [3.63, 3.8) is 0 Å². The predicted molar refractivity (Wildman–Crippen MR) is 78.7 cm³/mol. The highest BCUT2D eigenvalue weighted by atomic mass is 127. The average Bonchev–Trinajstić information content (AvgIpc) is 2.88. The van der Waals surface area contributed by atoms with E-state index in [4.69, 9.17) is 4.42 Å². The molecule has 0 fully saturated rings. The number of alkyl halides is 3. The molecule has 1 heterocycles. The molecule has 0 aliphatic rings. The van der Waals surface area contributed by atoms with Crippen LogP contribution in [0.25, 0.3) is 0 Å². The summed E-state index contributed by atoms with van der Waals surface area (Å²) >= 11 is 2.00. The van der Waals surface area contributed by atoms with Crippen molar-refractivity contribution in [3.05, 3.63) is 57.6 Å². The Kier molecular flexibility index (Phi) is 4.92. The van der Waals surface area contributed by atoms with Crippen LogP contribution in [-0.2, 0) is 6.54 Å². The van der Waals surface area contributed by atoms with E-state index in [1.165, 1.54) is 18.4 Å². The van der Waals surface area contributed by atoms with Gasteiger partial charge in [0.05, 0.1) is 12.8 Å². The maximum absolute atomic E-state index is 12.7. The van der Waals surface area contributed by atoms with Crippen molar-refractivity contribution in [3.8, 4) is 0 Å². The Labute approximate surface area is 132 Å². The molecule has 0 atom stereocenters. The normalized spacial score (nSPS) is 11.4. The molecule has 1 aromatic heterocycles. The summed E-state index contributed by atoms with van der Waals surface area (Å²) in [6, 6.07) is 9.54. The van der Waals surface area contributed by atoms with Crippen LogP contribution >= 0.6 is 22.6 Å². The fourth-order valence-electron chi connectivity index (χ4n) is 1.81. The zero-order valence-corrected chi connectivity index (χ0v) is 12.9. The topological polar surface area (TPSA) is 33.5 Å². The van der Waals surface area contributed by atoms with Crippen LogP contribution in [0.15, 0.2) is 47.1 Å². The minimum absolute atomic E-state index is 0.220. The van der Waals surface area contributed by atoms with E-state index < -0.39 is 18.6 Å². The molecular weight excluding hydrogens is 398 g/mol. The molecule has 0 spiro atoms. The molecule has 21 heavy (non-hydrogen) atoms. The van der Waals surface area contributed by atoms with E-state index in [1.807, 2.05) is 22.6 Å². The minimum Gasteiger partial charge on any atom is -0.467 e. The van der Waals surface area contributed by atoms with Crippen LogP contribution in [0.5, 0.6) is 0 Å². The fraction of sp³-hybridized carbons (Fsp3) is 0.214. The number of hydrogen-bond acceptors (Lipinski definition) is 2.